The number of hydrogen-bond donors (Lipinski definition) is 4. The summed E-state index contributed by atoms with van der Waals surface area (Å²) < 4.78 is 4.91. The van der Waals surface area contributed by atoms with Gasteiger partial charge >= 0.3 is 11.9 Å². The van der Waals surface area contributed by atoms with Gasteiger partial charge in [0.15, 0.2) is 0 Å². The number of carboxylic acid groups (broad SMARTS) is 2. The van der Waals surface area contributed by atoms with Crippen molar-refractivity contribution in [2.24, 2.45) is 0 Å². The van der Waals surface area contributed by atoms with Crippen LogP contribution >= 0.6 is 0 Å². The van der Waals surface area contributed by atoms with E-state index in [1.807, 2.05) is 0 Å². The van der Waals surface area contributed by atoms with Crippen molar-refractivity contribution in [1.29, 1.82) is 0 Å². The van der Waals surface area contributed by atoms with E-state index < -0.39 is 11.9 Å². The molecule has 0 spiro atoms. The third-order valence-corrected chi connectivity index (χ3v) is 2.88. The summed E-state index contributed by atoms with van der Waals surface area (Å²) in [5.74, 6) is -2.27. The van der Waals surface area contributed by atoms with Gasteiger partial charge in [-0.1, -0.05) is 12.1 Å². The van der Waals surface area contributed by atoms with Gasteiger partial charge in [-0.05, 0) is 30.7 Å². The summed E-state index contributed by atoms with van der Waals surface area (Å²) in [7, 11) is 1.46. The van der Waals surface area contributed by atoms with Crippen LogP contribution in [0.1, 0.15) is 26.3 Å². The standard InChI is InChI=1S/C9H10O4.C7H6O3/c1-5-3-6(9(11)12)7(10)4-8(5)13-2;8-6-4-2-1-3-5(6)7(9)10/h3-4,10H,1-2H3,(H,11,12);1-4,8H,(H,9,10). The van der Waals surface area contributed by atoms with Crippen LogP contribution in [0.5, 0.6) is 17.2 Å². The Morgan fingerprint density at radius 3 is 1.91 bits per heavy atom. The highest BCUT2D eigenvalue weighted by Crippen LogP contribution is 2.27. The number of carboxylic acids is 2. The number of carbonyl (C=O) groups is 2. The van der Waals surface area contributed by atoms with Crippen LogP contribution in [0.4, 0.5) is 0 Å². The third kappa shape index (κ3) is 4.63. The average molecular weight is 320 g/mol. The molecule has 0 radical (unpaired) electrons. The molecule has 0 atom stereocenters. The molecule has 0 unspecified atom stereocenters. The number of aromatic carboxylic acids is 2. The first-order chi connectivity index (χ1) is 10.8. The quantitative estimate of drug-likeness (QED) is 0.684. The Kier molecular flexibility index (Phi) is 5.96. The maximum absolute atomic E-state index is 10.6. The first-order valence-corrected chi connectivity index (χ1v) is 6.40. The van der Waals surface area contributed by atoms with Crippen molar-refractivity contribution < 1.29 is 34.8 Å². The van der Waals surface area contributed by atoms with Crippen molar-refractivity contribution in [3.63, 3.8) is 0 Å². The molecule has 0 fully saturated rings. The van der Waals surface area contributed by atoms with E-state index in [1.165, 1.54) is 31.4 Å². The van der Waals surface area contributed by atoms with Crippen molar-refractivity contribution in [1.82, 2.24) is 0 Å². The van der Waals surface area contributed by atoms with Gasteiger partial charge in [-0.15, -0.1) is 0 Å². The van der Waals surface area contributed by atoms with E-state index in [2.05, 4.69) is 0 Å². The lowest BCUT2D eigenvalue weighted by Crippen LogP contribution is -1.98. The van der Waals surface area contributed by atoms with Gasteiger partial charge in [0, 0.05) is 6.07 Å². The number of aryl methyl sites for hydroxylation is 1. The first kappa shape index (κ1) is 17.8. The topological polar surface area (TPSA) is 124 Å². The van der Waals surface area contributed by atoms with Crippen LogP contribution < -0.4 is 4.74 Å². The molecule has 7 nitrogen and oxygen atoms in total. The van der Waals surface area contributed by atoms with E-state index in [1.54, 1.807) is 19.1 Å². The Balaban J connectivity index is 0.000000238. The Morgan fingerprint density at radius 1 is 0.913 bits per heavy atom. The molecule has 0 bridgehead atoms. The highest BCUT2D eigenvalue weighted by Gasteiger charge is 2.12. The fourth-order valence-electron chi connectivity index (χ4n) is 1.72. The Labute approximate surface area is 132 Å². The van der Waals surface area contributed by atoms with Gasteiger partial charge < -0.3 is 25.2 Å². The molecule has 0 saturated carbocycles. The van der Waals surface area contributed by atoms with E-state index in [0.717, 1.165) is 0 Å². The van der Waals surface area contributed by atoms with Crippen LogP contribution in [0.25, 0.3) is 0 Å². The van der Waals surface area contributed by atoms with Crippen molar-refractivity contribution in [3.05, 3.63) is 53.1 Å². The predicted octanol–water partition coefficient (Wildman–Crippen LogP) is 2.50. The lowest BCUT2D eigenvalue weighted by Gasteiger charge is -2.06. The minimum Gasteiger partial charge on any atom is -0.507 e. The van der Waals surface area contributed by atoms with Gasteiger partial charge in [0.1, 0.15) is 28.4 Å². The summed E-state index contributed by atoms with van der Waals surface area (Å²) in [5.41, 5.74) is 0.499. The van der Waals surface area contributed by atoms with E-state index in [4.69, 9.17) is 20.1 Å². The molecule has 23 heavy (non-hydrogen) atoms. The molecule has 0 saturated heterocycles. The maximum Gasteiger partial charge on any atom is 0.339 e. The number of aromatic hydroxyl groups is 2. The minimum atomic E-state index is -1.15. The fourth-order valence-corrected chi connectivity index (χ4v) is 1.72. The summed E-state index contributed by atoms with van der Waals surface area (Å²) >= 11 is 0. The number of ether oxygens (including phenoxy) is 1. The van der Waals surface area contributed by atoms with Crippen LogP contribution in [0.2, 0.25) is 0 Å². The highest BCUT2D eigenvalue weighted by molar-refractivity contribution is 5.91. The summed E-state index contributed by atoms with van der Waals surface area (Å²) in [6.07, 6.45) is 0. The second kappa shape index (κ2) is 7.69. The summed E-state index contributed by atoms with van der Waals surface area (Å²) in [5, 5.41) is 35.2. The second-order valence-electron chi connectivity index (χ2n) is 4.47. The zero-order valence-corrected chi connectivity index (χ0v) is 12.5. The molecule has 0 aromatic heterocycles. The van der Waals surface area contributed by atoms with E-state index in [-0.39, 0.29) is 22.6 Å². The number of phenols is 2. The van der Waals surface area contributed by atoms with Gasteiger partial charge in [0.25, 0.3) is 0 Å². The third-order valence-electron chi connectivity index (χ3n) is 2.88. The fraction of sp³-hybridized carbons (Fsp3) is 0.125. The summed E-state index contributed by atoms with van der Waals surface area (Å²) in [4.78, 5) is 20.8. The Hall–Kier alpha value is -3.22. The number of benzene rings is 2. The van der Waals surface area contributed by atoms with Crippen molar-refractivity contribution >= 4 is 11.9 Å². The molecule has 2 rings (SSSR count). The molecule has 4 N–H and O–H groups in total. The SMILES string of the molecule is COc1cc(O)c(C(=O)O)cc1C.O=C(O)c1ccccc1O. The van der Waals surface area contributed by atoms with Crippen molar-refractivity contribution in [2.75, 3.05) is 7.11 Å². The normalized spacial score (nSPS) is 9.48. The van der Waals surface area contributed by atoms with Gasteiger partial charge in [-0.3, -0.25) is 0 Å². The summed E-state index contributed by atoms with van der Waals surface area (Å²) in [6, 6.07) is 8.47. The molecule has 7 heteroatoms. The number of hydrogen-bond acceptors (Lipinski definition) is 5. The average Bonchev–Trinajstić information content (AvgIpc) is 2.49. The van der Waals surface area contributed by atoms with Crippen LogP contribution in [0.3, 0.4) is 0 Å². The molecular weight excluding hydrogens is 304 g/mol. The first-order valence-electron chi connectivity index (χ1n) is 6.40. The Morgan fingerprint density at radius 2 is 1.48 bits per heavy atom. The number of para-hydroxylation sites is 1. The molecule has 0 heterocycles. The predicted molar refractivity (Wildman–Crippen MR) is 81.4 cm³/mol. The molecular formula is C16H16O7. The minimum absolute atomic E-state index is 0.0671. The molecule has 2 aromatic carbocycles. The Bertz CT molecular complexity index is 722. The van der Waals surface area contributed by atoms with Crippen LogP contribution in [0.15, 0.2) is 36.4 Å². The molecule has 0 aliphatic carbocycles. The van der Waals surface area contributed by atoms with E-state index in [9.17, 15) is 14.7 Å². The highest BCUT2D eigenvalue weighted by atomic mass is 16.5. The van der Waals surface area contributed by atoms with Gasteiger partial charge in [-0.2, -0.15) is 0 Å². The number of rotatable bonds is 3. The lowest BCUT2D eigenvalue weighted by atomic mass is 10.1. The van der Waals surface area contributed by atoms with Crippen LogP contribution in [-0.4, -0.2) is 39.5 Å². The molecule has 0 amide bonds. The van der Waals surface area contributed by atoms with E-state index in [0.29, 0.717) is 11.3 Å². The molecule has 122 valence electrons. The van der Waals surface area contributed by atoms with Crippen molar-refractivity contribution in [2.45, 2.75) is 6.92 Å². The second-order valence-corrected chi connectivity index (χ2v) is 4.47. The van der Waals surface area contributed by atoms with Gasteiger partial charge in [0.05, 0.1) is 7.11 Å². The molecule has 2 aromatic rings. The molecule has 0 aliphatic rings. The monoisotopic (exact) mass is 320 g/mol. The zero-order valence-electron chi connectivity index (χ0n) is 12.5. The number of methoxy groups -OCH3 is 1. The smallest absolute Gasteiger partial charge is 0.339 e. The van der Waals surface area contributed by atoms with Gasteiger partial charge in [0.2, 0.25) is 0 Å². The van der Waals surface area contributed by atoms with Crippen LogP contribution in [-0.2, 0) is 0 Å². The molecule has 0 aliphatic heterocycles. The lowest BCUT2D eigenvalue weighted by molar-refractivity contribution is 0.0682. The van der Waals surface area contributed by atoms with Crippen LogP contribution in [0, 0.1) is 6.92 Å². The van der Waals surface area contributed by atoms with E-state index >= 15 is 0 Å². The largest absolute Gasteiger partial charge is 0.507 e. The van der Waals surface area contributed by atoms with Gasteiger partial charge in [-0.25, -0.2) is 9.59 Å². The summed E-state index contributed by atoms with van der Waals surface area (Å²) in [6.45, 7) is 1.71. The zero-order chi connectivity index (χ0) is 17.6. The maximum atomic E-state index is 10.6. The van der Waals surface area contributed by atoms with Crippen molar-refractivity contribution in [3.8, 4) is 17.2 Å².